The van der Waals surface area contributed by atoms with Crippen molar-refractivity contribution >= 4 is 18.2 Å². The van der Waals surface area contributed by atoms with Crippen LogP contribution >= 0.6 is 12.6 Å². The highest BCUT2D eigenvalue weighted by atomic mass is 32.1. The minimum atomic E-state index is 0.689. The van der Waals surface area contributed by atoms with Gasteiger partial charge in [-0.2, -0.15) is 5.10 Å². The number of nitrogens with one attached hydrogen (secondary N) is 1. The van der Waals surface area contributed by atoms with Crippen LogP contribution in [0.4, 0.5) is 0 Å². The zero-order chi connectivity index (χ0) is 21.5. The Hall–Kier alpha value is -2.92. The molecule has 31 heavy (non-hydrogen) atoms. The molecule has 0 saturated heterocycles. The highest BCUT2D eigenvalue weighted by Gasteiger charge is 2.11. The van der Waals surface area contributed by atoms with Crippen molar-refractivity contribution in [2.75, 3.05) is 13.2 Å². The lowest BCUT2D eigenvalue weighted by molar-refractivity contribution is 0.310. The summed E-state index contributed by atoms with van der Waals surface area (Å²) in [7, 11) is 0. The number of aromatic nitrogens is 2. The molecule has 3 aromatic rings. The largest absolute Gasteiger partial charge is 0.494 e. The molecular weight excluding hydrogens is 402 g/mol. The molecule has 1 radical (unpaired) electrons. The normalized spacial score (nSPS) is 13.4. The van der Waals surface area contributed by atoms with Gasteiger partial charge in [0.05, 0.1) is 18.0 Å². The highest BCUT2D eigenvalue weighted by Crippen LogP contribution is 2.23. The van der Waals surface area contributed by atoms with E-state index in [1.807, 2.05) is 30.3 Å². The van der Waals surface area contributed by atoms with Crippen LogP contribution in [0.1, 0.15) is 35.4 Å². The van der Waals surface area contributed by atoms with Crippen LogP contribution < -0.4 is 4.74 Å². The number of allylic oxidation sites excluding steroid dienone is 2. The monoisotopic (exact) mass is 430 g/mol. The topological polar surface area (TPSA) is 41.1 Å². The Bertz CT molecular complexity index is 1060. The van der Waals surface area contributed by atoms with E-state index >= 15 is 0 Å². The Morgan fingerprint density at radius 1 is 1.16 bits per heavy atom. The summed E-state index contributed by atoms with van der Waals surface area (Å²) < 4.78 is 5.77. The first-order valence-corrected chi connectivity index (χ1v) is 11.1. The van der Waals surface area contributed by atoms with Gasteiger partial charge in [0.2, 0.25) is 0 Å². The number of hydrogen-bond donors (Lipinski definition) is 2. The Morgan fingerprint density at radius 3 is 2.87 bits per heavy atom. The standard InChI is InChI=1S/C26H28N3OS/c1-20-17-21(11-12-26(20)31)13-15-29-14-5-7-22(19-29)25-18-23(27-28-25)8-6-16-30-24-9-3-2-4-10-24/h2-5,9-14,17-19,31H,6-8,15-16H2,1H3,(H,27,28). The number of rotatable bonds is 9. The van der Waals surface area contributed by atoms with Crippen LogP contribution in [0.2, 0.25) is 0 Å². The molecule has 0 fully saturated rings. The predicted molar refractivity (Wildman–Crippen MR) is 129 cm³/mol. The summed E-state index contributed by atoms with van der Waals surface area (Å²) in [6.45, 7) is 3.60. The molecular formula is C26H28N3OS. The summed E-state index contributed by atoms with van der Waals surface area (Å²) in [4.78, 5) is 3.23. The van der Waals surface area contributed by atoms with Gasteiger partial charge in [-0.05, 0) is 73.4 Å². The quantitative estimate of drug-likeness (QED) is 0.331. The van der Waals surface area contributed by atoms with E-state index in [-0.39, 0.29) is 0 Å². The SMILES string of the molecule is Cc1cc([CH]CN2C=CCC(c3cc(CCCOc4ccccc4)n[nH]3)=C2)ccc1S. The minimum Gasteiger partial charge on any atom is -0.494 e. The molecule has 1 aliphatic rings. The molecule has 0 bridgehead atoms. The van der Waals surface area contributed by atoms with Gasteiger partial charge in [-0.25, -0.2) is 0 Å². The maximum atomic E-state index is 5.77. The van der Waals surface area contributed by atoms with Crippen LogP contribution in [0.3, 0.4) is 0 Å². The number of ether oxygens (including phenoxy) is 1. The number of aryl methyl sites for hydroxylation is 2. The fourth-order valence-electron chi connectivity index (χ4n) is 3.54. The first-order valence-electron chi connectivity index (χ1n) is 10.7. The fourth-order valence-corrected chi connectivity index (χ4v) is 3.68. The van der Waals surface area contributed by atoms with Crippen molar-refractivity contribution in [1.29, 1.82) is 0 Å². The van der Waals surface area contributed by atoms with Crippen LogP contribution in [0.25, 0.3) is 5.57 Å². The second kappa shape index (κ2) is 10.4. The number of para-hydroxylation sites is 1. The molecule has 0 unspecified atom stereocenters. The molecule has 0 atom stereocenters. The molecule has 1 aromatic heterocycles. The van der Waals surface area contributed by atoms with E-state index in [0.29, 0.717) is 6.61 Å². The average Bonchev–Trinajstić information content (AvgIpc) is 3.28. The van der Waals surface area contributed by atoms with Gasteiger partial charge in [0.25, 0.3) is 0 Å². The molecule has 1 N–H and O–H groups in total. The summed E-state index contributed by atoms with van der Waals surface area (Å²) in [6, 6.07) is 18.4. The van der Waals surface area contributed by atoms with Gasteiger partial charge in [-0.1, -0.05) is 36.4 Å². The van der Waals surface area contributed by atoms with Crippen LogP contribution in [0.15, 0.2) is 78.0 Å². The van der Waals surface area contributed by atoms with Gasteiger partial charge in [-0.15, -0.1) is 12.6 Å². The molecule has 0 amide bonds. The summed E-state index contributed by atoms with van der Waals surface area (Å²) in [5, 5.41) is 7.70. The Kier molecular flexibility index (Phi) is 7.15. The van der Waals surface area contributed by atoms with Gasteiger partial charge in [0.1, 0.15) is 5.75 Å². The molecule has 0 spiro atoms. The molecule has 0 aliphatic carbocycles. The number of nitrogens with zero attached hydrogens (tertiary/aromatic N) is 2. The zero-order valence-corrected chi connectivity index (χ0v) is 18.7. The van der Waals surface area contributed by atoms with Crippen LogP contribution in [0, 0.1) is 13.3 Å². The van der Waals surface area contributed by atoms with Crippen molar-refractivity contribution in [1.82, 2.24) is 15.1 Å². The van der Waals surface area contributed by atoms with Gasteiger partial charge in [-0.3, -0.25) is 5.10 Å². The molecule has 0 saturated carbocycles. The number of aromatic amines is 1. The zero-order valence-electron chi connectivity index (χ0n) is 17.8. The van der Waals surface area contributed by atoms with E-state index in [2.05, 4.69) is 83.8 Å². The van der Waals surface area contributed by atoms with Gasteiger partial charge < -0.3 is 9.64 Å². The number of thiol groups is 1. The number of H-pyrrole nitrogens is 1. The highest BCUT2D eigenvalue weighted by molar-refractivity contribution is 7.80. The Morgan fingerprint density at radius 2 is 2.03 bits per heavy atom. The molecule has 4 rings (SSSR count). The third-order valence-corrected chi connectivity index (χ3v) is 5.78. The first-order chi connectivity index (χ1) is 15.2. The lowest BCUT2D eigenvalue weighted by Crippen LogP contribution is -2.15. The molecule has 2 aromatic carbocycles. The summed E-state index contributed by atoms with van der Waals surface area (Å²) in [5.41, 5.74) is 5.82. The second-order valence-corrected chi connectivity index (χ2v) is 8.21. The van der Waals surface area contributed by atoms with Gasteiger partial charge in [0, 0.05) is 24.1 Å². The van der Waals surface area contributed by atoms with E-state index in [1.165, 1.54) is 16.7 Å². The summed E-state index contributed by atoms with van der Waals surface area (Å²) in [6.07, 6.45) is 11.5. The molecule has 1 aliphatic heterocycles. The molecule has 4 nitrogen and oxygen atoms in total. The first kappa shape index (κ1) is 21.3. The maximum Gasteiger partial charge on any atom is 0.119 e. The van der Waals surface area contributed by atoms with Crippen molar-refractivity contribution in [2.24, 2.45) is 0 Å². The van der Waals surface area contributed by atoms with E-state index in [1.54, 1.807) is 0 Å². The van der Waals surface area contributed by atoms with Gasteiger partial charge in [0.15, 0.2) is 0 Å². The maximum absolute atomic E-state index is 5.77. The van der Waals surface area contributed by atoms with E-state index < -0.39 is 0 Å². The lowest BCUT2D eigenvalue weighted by Gasteiger charge is -2.21. The Balaban J connectivity index is 1.28. The van der Waals surface area contributed by atoms with E-state index in [9.17, 15) is 0 Å². The van der Waals surface area contributed by atoms with E-state index in [4.69, 9.17) is 4.74 Å². The third kappa shape index (κ3) is 6.05. The van der Waals surface area contributed by atoms with Crippen molar-refractivity contribution in [3.63, 3.8) is 0 Å². The van der Waals surface area contributed by atoms with Crippen molar-refractivity contribution in [3.05, 3.63) is 102 Å². The fraction of sp³-hybridized carbons (Fsp3) is 0.231. The van der Waals surface area contributed by atoms with Gasteiger partial charge >= 0.3 is 0 Å². The van der Waals surface area contributed by atoms with Crippen molar-refractivity contribution in [3.8, 4) is 5.75 Å². The van der Waals surface area contributed by atoms with Crippen LogP contribution in [0.5, 0.6) is 5.75 Å². The van der Waals surface area contributed by atoms with Crippen molar-refractivity contribution < 1.29 is 4.74 Å². The molecule has 159 valence electrons. The van der Waals surface area contributed by atoms with Crippen LogP contribution in [-0.2, 0) is 6.42 Å². The average molecular weight is 431 g/mol. The van der Waals surface area contributed by atoms with Crippen molar-refractivity contribution in [2.45, 2.75) is 31.1 Å². The summed E-state index contributed by atoms with van der Waals surface area (Å²) in [5.74, 6) is 0.915. The minimum absolute atomic E-state index is 0.689. The Labute approximate surface area is 190 Å². The summed E-state index contributed by atoms with van der Waals surface area (Å²) >= 11 is 4.45. The number of benzene rings is 2. The smallest absolute Gasteiger partial charge is 0.119 e. The molecule has 2 heterocycles. The number of hydrogen-bond acceptors (Lipinski definition) is 4. The second-order valence-electron chi connectivity index (χ2n) is 7.73. The lowest BCUT2D eigenvalue weighted by atomic mass is 10.1. The van der Waals surface area contributed by atoms with Crippen LogP contribution in [-0.4, -0.2) is 28.2 Å². The predicted octanol–water partition coefficient (Wildman–Crippen LogP) is 5.83. The molecule has 5 heteroatoms. The van der Waals surface area contributed by atoms with E-state index in [0.717, 1.165) is 47.8 Å². The third-order valence-electron chi connectivity index (χ3n) is 5.28.